The highest BCUT2D eigenvalue weighted by Crippen LogP contribution is 2.22. The van der Waals surface area contributed by atoms with Crippen molar-refractivity contribution in [2.75, 3.05) is 13.7 Å². The molecule has 1 unspecified atom stereocenters. The number of rotatable bonds is 3. The van der Waals surface area contributed by atoms with Gasteiger partial charge in [-0.3, -0.25) is 0 Å². The summed E-state index contributed by atoms with van der Waals surface area (Å²) in [5, 5.41) is 1.06. The molecule has 0 aliphatic rings. The Kier molecular flexibility index (Phi) is 3.20. The van der Waals surface area contributed by atoms with Crippen LogP contribution in [0.5, 0.6) is 0 Å². The summed E-state index contributed by atoms with van der Waals surface area (Å²) in [5.74, 6) is 0. The van der Waals surface area contributed by atoms with Crippen LogP contribution in [0.25, 0.3) is 0 Å². The van der Waals surface area contributed by atoms with E-state index < -0.39 is 0 Å². The highest BCUT2D eigenvalue weighted by molar-refractivity contribution is 7.11. The van der Waals surface area contributed by atoms with Gasteiger partial charge in [-0.05, 0) is 13.8 Å². The average molecular weight is 186 g/mol. The smallest absolute Gasteiger partial charge is 0.0900 e. The molecule has 1 aromatic heterocycles. The number of hydrogen-bond acceptors (Lipinski definition) is 4. The number of nitrogens with zero attached hydrogens (tertiary/aromatic N) is 1. The van der Waals surface area contributed by atoms with Gasteiger partial charge in [0.15, 0.2) is 0 Å². The van der Waals surface area contributed by atoms with Gasteiger partial charge in [-0.1, -0.05) is 0 Å². The molecule has 1 aromatic rings. The van der Waals surface area contributed by atoms with Crippen LogP contribution < -0.4 is 5.73 Å². The lowest BCUT2D eigenvalue weighted by molar-refractivity contribution is 0.181. The van der Waals surface area contributed by atoms with E-state index in [9.17, 15) is 0 Å². The predicted octanol–water partition coefficient (Wildman–Crippen LogP) is 1.41. The number of methoxy groups -OCH3 is 1. The van der Waals surface area contributed by atoms with Gasteiger partial charge in [0.25, 0.3) is 0 Å². The highest BCUT2D eigenvalue weighted by Gasteiger charge is 2.12. The van der Waals surface area contributed by atoms with Gasteiger partial charge >= 0.3 is 0 Å². The minimum Gasteiger partial charge on any atom is -0.383 e. The van der Waals surface area contributed by atoms with Gasteiger partial charge in [0.2, 0.25) is 0 Å². The van der Waals surface area contributed by atoms with Crippen molar-refractivity contribution in [1.82, 2.24) is 4.98 Å². The first-order valence-corrected chi connectivity index (χ1v) is 4.65. The van der Waals surface area contributed by atoms with Gasteiger partial charge < -0.3 is 10.5 Å². The molecule has 0 bridgehead atoms. The SMILES string of the molecule is COCC(N)c1sc(C)nc1C. The highest BCUT2D eigenvalue weighted by atomic mass is 32.1. The maximum atomic E-state index is 5.87. The molecule has 0 amide bonds. The zero-order valence-electron chi connectivity index (χ0n) is 7.63. The van der Waals surface area contributed by atoms with E-state index in [0.717, 1.165) is 15.6 Å². The number of aromatic nitrogens is 1. The lowest BCUT2D eigenvalue weighted by atomic mass is 10.2. The Hall–Kier alpha value is -0.450. The maximum absolute atomic E-state index is 5.87. The van der Waals surface area contributed by atoms with Crippen LogP contribution in [-0.4, -0.2) is 18.7 Å². The van der Waals surface area contributed by atoms with E-state index in [2.05, 4.69) is 4.98 Å². The summed E-state index contributed by atoms with van der Waals surface area (Å²) in [5.41, 5.74) is 6.89. The summed E-state index contributed by atoms with van der Waals surface area (Å²) >= 11 is 1.65. The lowest BCUT2D eigenvalue weighted by Gasteiger charge is -2.07. The van der Waals surface area contributed by atoms with Crippen LogP contribution in [0.4, 0.5) is 0 Å². The Morgan fingerprint density at radius 2 is 2.25 bits per heavy atom. The molecule has 0 aliphatic heterocycles. The van der Waals surface area contributed by atoms with Gasteiger partial charge in [-0.25, -0.2) is 4.98 Å². The van der Waals surface area contributed by atoms with Crippen molar-refractivity contribution in [2.45, 2.75) is 19.9 Å². The minimum atomic E-state index is -0.0267. The molecule has 0 saturated heterocycles. The second-order valence-corrected chi connectivity index (χ2v) is 3.98. The molecule has 0 fully saturated rings. The van der Waals surface area contributed by atoms with Crippen molar-refractivity contribution >= 4 is 11.3 Å². The maximum Gasteiger partial charge on any atom is 0.0900 e. The molecule has 2 N–H and O–H groups in total. The van der Waals surface area contributed by atoms with Crippen LogP contribution in [0.1, 0.15) is 21.6 Å². The van der Waals surface area contributed by atoms with Crippen molar-refractivity contribution in [1.29, 1.82) is 0 Å². The second kappa shape index (κ2) is 3.98. The second-order valence-electron chi connectivity index (χ2n) is 2.74. The fraction of sp³-hybridized carbons (Fsp3) is 0.625. The fourth-order valence-corrected chi connectivity index (χ4v) is 2.06. The molecule has 0 radical (unpaired) electrons. The van der Waals surface area contributed by atoms with Crippen LogP contribution in [0, 0.1) is 13.8 Å². The van der Waals surface area contributed by atoms with E-state index in [1.807, 2.05) is 13.8 Å². The summed E-state index contributed by atoms with van der Waals surface area (Å²) < 4.78 is 4.98. The van der Waals surface area contributed by atoms with Crippen LogP contribution in [-0.2, 0) is 4.74 Å². The Bertz CT molecular complexity index is 260. The number of thiazole rings is 1. The third-order valence-electron chi connectivity index (χ3n) is 1.62. The molecule has 12 heavy (non-hydrogen) atoms. The zero-order valence-corrected chi connectivity index (χ0v) is 8.44. The summed E-state index contributed by atoms with van der Waals surface area (Å²) in [6, 6.07) is -0.0267. The largest absolute Gasteiger partial charge is 0.383 e. The normalized spacial score (nSPS) is 13.3. The van der Waals surface area contributed by atoms with Crippen molar-refractivity contribution in [3.05, 3.63) is 15.6 Å². The van der Waals surface area contributed by atoms with Gasteiger partial charge in [0.1, 0.15) is 0 Å². The monoisotopic (exact) mass is 186 g/mol. The van der Waals surface area contributed by atoms with E-state index >= 15 is 0 Å². The Morgan fingerprint density at radius 1 is 1.58 bits per heavy atom. The van der Waals surface area contributed by atoms with Crippen molar-refractivity contribution < 1.29 is 4.74 Å². The van der Waals surface area contributed by atoms with Gasteiger partial charge in [-0.2, -0.15) is 0 Å². The first kappa shape index (κ1) is 9.64. The topological polar surface area (TPSA) is 48.1 Å². The van der Waals surface area contributed by atoms with Crippen molar-refractivity contribution in [3.8, 4) is 0 Å². The molecule has 0 aliphatic carbocycles. The van der Waals surface area contributed by atoms with Gasteiger partial charge in [0, 0.05) is 12.0 Å². The molecule has 4 heteroatoms. The van der Waals surface area contributed by atoms with Crippen molar-refractivity contribution in [3.63, 3.8) is 0 Å². The van der Waals surface area contributed by atoms with Gasteiger partial charge in [-0.15, -0.1) is 11.3 Å². The molecule has 0 aromatic carbocycles. The van der Waals surface area contributed by atoms with Crippen LogP contribution in [0.3, 0.4) is 0 Å². The standard InChI is InChI=1S/C8H14N2OS/c1-5-8(7(9)4-11-3)12-6(2)10-5/h7H,4,9H2,1-3H3. The molecule has 0 saturated carbocycles. The van der Waals surface area contributed by atoms with Crippen LogP contribution in [0.2, 0.25) is 0 Å². The third kappa shape index (κ3) is 2.03. The van der Waals surface area contributed by atoms with E-state index in [4.69, 9.17) is 10.5 Å². The first-order chi connectivity index (χ1) is 5.65. The number of ether oxygens (including phenoxy) is 1. The third-order valence-corrected chi connectivity index (χ3v) is 2.83. The average Bonchev–Trinajstić information content (AvgIpc) is 2.30. The number of aryl methyl sites for hydroxylation is 2. The van der Waals surface area contributed by atoms with E-state index in [1.54, 1.807) is 18.4 Å². The quantitative estimate of drug-likeness (QED) is 0.776. The molecular formula is C8H14N2OS. The molecule has 1 atom stereocenters. The van der Waals surface area contributed by atoms with Gasteiger partial charge in [0.05, 0.1) is 23.4 Å². The predicted molar refractivity (Wildman–Crippen MR) is 50.4 cm³/mol. The van der Waals surface area contributed by atoms with E-state index in [0.29, 0.717) is 6.61 Å². The minimum absolute atomic E-state index is 0.0267. The molecule has 68 valence electrons. The lowest BCUT2D eigenvalue weighted by Crippen LogP contribution is -2.15. The summed E-state index contributed by atoms with van der Waals surface area (Å²) in [7, 11) is 1.66. The Labute approximate surface area is 76.6 Å². The first-order valence-electron chi connectivity index (χ1n) is 3.83. The summed E-state index contributed by atoms with van der Waals surface area (Å²) in [6.07, 6.45) is 0. The van der Waals surface area contributed by atoms with Crippen LogP contribution in [0.15, 0.2) is 0 Å². The van der Waals surface area contributed by atoms with E-state index in [1.165, 1.54) is 0 Å². The summed E-state index contributed by atoms with van der Waals surface area (Å²) in [6.45, 7) is 4.53. The zero-order chi connectivity index (χ0) is 9.14. The van der Waals surface area contributed by atoms with Crippen molar-refractivity contribution in [2.24, 2.45) is 5.73 Å². The molecule has 1 heterocycles. The summed E-state index contributed by atoms with van der Waals surface area (Å²) in [4.78, 5) is 5.43. The van der Waals surface area contributed by atoms with E-state index in [-0.39, 0.29) is 6.04 Å². The molecule has 3 nitrogen and oxygen atoms in total. The molecule has 0 spiro atoms. The molecular weight excluding hydrogens is 172 g/mol. The Balaban J connectivity index is 2.79. The fourth-order valence-electron chi connectivity index (χ4n) is 1.15. The number of hydrogen-bond donors (Lipinski definition) is 1. The number of nitrogens with two attached hydrogens (primary N) is 1. The molecule has 1 rings (SSSR count). The van der Waals surface area contributed by atoms with Crippen LogP contribution >= 0.6 is 11.3 Å². The Morgan fingerprint density at radius 3 is 2.67 bits per heavy atom.